The van der Waals surface area contributed by atoms with Gasteiger partial charge in [-0.2, -0.15) is 0 Å². The van der Waals surface area contributed by atoms with Crippen LogP contribution in [0.4, 0.5) is 22.7 Å². The van der Waals surface area contributed by atoms with Crippen LogP contribution in [0.1, 0.15) is 14.9 Å². The Hall–Kier alpha value is -12.9. The third-order valence-electron chi connectivity index (χ3n) is 16.6. The number of hydrogen-bond acceptors (Lipinski definition) is 6. The van der Waals surface area contributed by atoms with E-state index < -0.39 is 0 Å². The molecular formula is C78H49BrN12O2. The van der Waals surface area contributed by atoms with Crippen LogP contribution in [0.5, 0.6) is 17.2 Å². The van der Waals surface area contributed by atoms with Crippen LogP contribution in [-0.4, -0.2) is 43.0 Å². The molecule has 18 rings (SSSR count). The molecule has 440 valence electrons. The third-order valence-corrected chi connectivity index (χ3v) is 17.1. The fourth-order valence-corrected chi connectivity index (χ4v) is 13.1. The zero-order valence-corrected chi connectivity index (χ0v) is 49.3. The summed E-state index contributed by atoms with van der Waals surface area (Å²) in [5.74, 6) is 3.31. The number of aromatic hydroxyl groups is 1. The van der Waals surface area contributed by atoms with E-state index in [4.69, 9.17) is 41.0 Å². The zero-order valence-electron chi connectivity index (χ0n) is 47.7. The van der Waals surface area contributed by atoms with Gasteiger partial charge in [0.25, 0.3) is 0 Å². The molecule has 1 N–H and O–H groups in total. The van der Waals surface area contributed by atoms with Gasteiger partial charge in [0.05, 0.1) is 70.4 Å². The number of pyridine rings is 4. The molecule has 0 saturated carbocycles. The molecule has 8 heterocycles. The van der Waals surface area contributed by atoms with Crippen molar-refractivity contribution >= 4 is 159 Å². The molecule has 15 heteroatoms. The third kappa shape index (κ3) is 9.44. The molecule has 0 unspecified atom stereocenters. The van der Waals surface area contributed by atoms with E-state index in [1.165, 1.54) is 21.8 Å². The largest absolute Gasteiger partial charge is 0.508 e. The SMILES string of the molecule is Brc1ccc2c3ccccc3n(-c3ccccn3)c2c1.C.C.[C-]#[N+]c1cc2c3ccc(O)cc3c3nc4ccccc4n3c2cc1[N+]#[C-].[C-]#[N+]c1cc2c3ccc(Oc4ccc5c6ccccc6n(-c6ccccn6)c5c4)cc3c3nc4ccccc4n3c2cc1[N+]#[C-]. The highest BCUT2D eigenvalue weighted by atomic mass is 79.9. The first-order valence-corrected chi connectivity index (χ1v) is 29.6. The number of imidazole rings is 2. The highest BCUT2D eigenvalue weighted by molar-refractivity contribution is 9.10. The first kappa shape index (κ1) is 57.8. The summed E-state index contributed by atoms with van der Waals surface area (Å²) >= 11 is 3.56. The van der Waals surface area contributed by atoms with Gasteiger partial charge in [0.15, 0.2) is 22.7 Å². The van der Waals surface area contributed by atoms with Gasteiger partial charge < -0.3 is 9.84 Å². The Kier molecular flexibility index (Phi) is 14.4. The highest BCUT2D eigenvalue weighted by Gasteiger charge is 2.21. The molecule has 10 aromatic carbocycles. The summed E-state index contributed by atoms with van der Waals surface area (Å²) in [5, 5.41) is 20.0. The van der Waals surface area contributed by atoms with Gasteiger partial charge in [0.2, 0.25) is 0 Å². The molecule has 0 spiro atoms. The maximum atomic E-state index is 9.99. The van der Waals surface area contributed by atoms with Crippen molar-refractivity contribution in [2.75, 3.05) is 0 Å². The van der Waals surface area contributed by atoms with E-state index >= 15 is 0 Å². The first-order chi connectivity index (χ1) is 44.8. The molecule has 18 aromatic rings. The van der Waals surface area contributed by atoms with Gasteiger partial charge in [0.1, 0.15) is 40.2 Å². The van der Waals surface area contributed by atoms with Crippen LogP contribution in [0.2, 0.25) is 0 Å². The average Bonchev–Trinajstić information content (AvgIpc) is 1.70. The number of benzene rings is 10. The van der Waals surface area contributed by atoms with Crippen LogP contribution in [0.25, 0.3) is 151 Å². The Morgan fingerprint density at radius 2 is 0.753 bits per heavy atom. The van der Waals surface area contributed by atoms with Crippen molar-refractivity contribution in [2.24, 2.45) is 0 Å². The van der Waals surface area contributed by atoms with Crippen LogP contribution in [-0.2, 0) is 0 Å². The summed E-state index contributed by atoms with van der Waals surface area (Å²) in [6.45, 7) is 30.2. The monoisotopic (exact) mass is 1260 g/mol. The van der Waals surface area contributed by atoms with Crippen LogP contribution < -0.4 is 4.74 Å². The van der Waals surface area contributed by atoms with Crippen LogP contribution in [0.15, 0.2) is 247 Å². The second kappa shape index (κ2) is 23.2. The lowest BCUT2D eigenvalue weighted by Crippen LogP contribution is -1.96. The van der Waals surface area contributed by atoms with E-state index in [0.29, 0.717) is 34.2 Å². The molecule has 0 amide bonds. The minimum atomic E-state index is 0. The standard InChI is InChI=1S/C38H20N6O.C21H10N4O.C17H11BrN2.2CH4/c1-39-31-21-28-25-16-14-23(19-29(25)38-42-30-10-4-6-12-34(30)44(38)36(28)22-32(31)40-2)45-24-15-17-27-26-9-3-5-11-33(26)43(35(27)20-24)37-13-7-8-18-41-37;1-22-17-10-14-13-8-7-12(26)9-15(13)21-24-16-5-3-4-6-19(16)25(21)20(14)11-18(17)23-2;18-12-8-9-14-13-5-1-2-6-15(13)20(16(14)11-12)17-7-3-4-10-19-17;;/h3-22H;3-11,26H;1-11H;2*1H4. The van der Waals surface area contributed by atoms with Crippen molar-refractivity contribution in [3.05, 3.63) is 293 Å². The predicted octanol–water partition coefficient (Wildman–Crippen LogP) is 22.0. The van der Waals surface area contributed by atoms with Crippen molar-refractivity contribution < 1.29 is 9.84 Å². The van der Waals surface area contributed by atoms with Crippen molar-refractivity contribution in [3.8, 4) is 28.9 Å². The quantitative estimate of drug-likeness (QED) is 0.139. The summed E-state index contributed by atoms with van der Waals surface area (Å²) in [6, 6.07) is 75.2. The Morgan fingerprint density at radius 1 is 0.344 bits per heavy atom. The predicted molar refractivity (Wildman–Crippen MR) is 381 cm³/mol. The fraction of sp³-hybridized carbons (Fsp3) is 0.0256. The normalized spacial score (nSPS) is 11.1. The lowest BCUT2D eigenvalue weighted by molar-refractivity contribution is 0.476. The molecule has 0 saturated heterocycles. The lowest BCUT2D eigenvalue weighted by atomic mass is 10.0. The van der Waals surface area contributed by atoms with Gasteiger partial charge in [-0.25, -0.2) is 19.9 Å². The summed E-state index contributed by atoms with van der Waals surface area (Å²) in [6.07, 6.45) is 3.63. The number of nitrogens with zero attached hydrogens (tertiary/aromatic N) is 12. The Labute approximate surface area is 540 Å². The minimum Gasteiger partial charge on any atom is -0.508 e. The van der Waals surface area contributed by atoms with Gasteiger partial charge in [-0.05, 0) is 155 Å². The topological polar surface area (TPSA) is 117 Å². The maximum absolute atomic E-state index is 9.99. The van der Waals surface area contributed by atoms with Crippen LogP contribution >= 0.6 is 15.9 Å². The second-order valence-corrected chi connectivity index (χ2v) is 22.6. The molecule has 0 fully saturated rings. The molecule has 0 aliphatic heterocycles. The van der Waals surface area contributed by atoms with E-state index in [1.807, 2.05) is 138 Å². The van der Waals surface area contributed by atoms with Gasteiger partial charge in [-0.3, -0.25) is 37.3 Å². The zero-order chi connectivity index (χ0) is 61.4. The molecular weight excluding hydrogens is 1220 g/mol. The number of fused-ring (bicyclic) bond motifs is 22. The number of halogens is 1. The summed E-state index contributed by atoms with van der Waals surface area (Å²) in [7, 11) is 0. The molecule has 0 aliphatic rings. The molecule has 14 nitrogen and oxygen atoms in total. The van der Waals surface area contributed by atoms with Crippen LogP contribution in [0.3, 0.4) is 0 Å². The smallest absolute Gasteiger partial charge is 0.196 e. The average molecular weight is 1270 g/mol. The maximum Gasteiger partial charge on any atom is 0.196 e. The molecule has 0 bridgehead atoms. The second-order valence-electron chi connectivity index (χ2n) is 21.6. The number of para-hydroxylation sites is 6. The number of ether oxygens (including phenoxy) is 1. The van der Waals surface area contributed by atoms with Crippen molar-refractivity contribution in [3.63, 3.8) is 0 Å². The number of phenols is 1. The number of rotatable bonds is 4. The van der Waals surface area contributed by atoms with Crippen molar-refractivity contribution in [1.29, 1.82) is 0 Å². The number of phenolic OH excluding ortho intramolecular Hbond substituents is 1. The van der Waals surface area contributed by atoms with Gasteiger partial charge >= 0.3 is 0 Å². The molecule has 0 radical (unpaired) electrons. The van der Waals surface area contributed by atoms with Crippen molar-refractivity contribution in [1.82, 2.24) is 37.9 Å². The summed E-state index contributed by atoms with van der Waals surface area (Å²) in [5.41, 5.74) is 12.4. The summed E-state index contributed by atoms with van der Waals surface area (Å²) in [4.78, 5) is 33.2. The molecule has 0 aliphatic carbocycles. The van der Waals surface area contributed by atoms with E-state index in [0.717, 1.165) is 115 Å². The van der Waals surface area contributed by atoms with Gasteiger partial charge in [-0.15, -0.1) is 0 Å². The van der Waals surface area contributed by atoms with Crippen molar-refractivity contribution in [2.45, 2.75) is 14.9 Å². The lowest BCUT2D eigenvalue weighted by Gasteiger charge is -2.13. The van der Waals surface area contributed by atoms with E-state index in [2.05, 4.69) is 132 Å². The van der Waals surface area contributed by atoms with Crippen LogP contribution in [0, 0.1) is 26.3 Å². The van der Waals surface area contributed by atoms with Gasteiger partial charge in [-0.1, -0.05) is 122 Å². The molecule has 0 atom stereocenters. The molecule has 8 aromatic heterocycles. The minimum absolute atomic E-state index is 0. The fourth-order valence-electron chi connectivity index (χ4n) is 12.7. The Bertz CT molecular complexity index is 6280. The molecule has 93 heavy (non-hydrogen) atoms. The Morgan fingerprint density at radius 3 is 1.26 bits per heavy atom. The van der Waals surface area contributed by atoms with E-state index in [9.17, 15) is 5.11 Å². The van der Waals surface area contributed by atoms with E-state index in [1.54, 1.807) is 36.5 Å². The first-order valence-electron chi connectivity index (χ1n) is 28.8. The Balaban J connectivity index is 0.000000132. The van der Waals surface area contributed by atoms with E-state index in [-0.39, 0.29) is 20.6 Å². The highest BCUT2D eigenvalue weighted by Crippen LogP contribution is 2.44. The summed E-state index contributed by atoms with van der Waals surface area (Å²) < 4.78 is 16.1. The number of aromatic nitrogens is 8. The number of hydrogen-bond donors (Lipinski definition) is 1. The van der Waals surface area contributed by atoms with Gasteiger partial charge in [0, 0.05) is 66.3 Å².